The molecule has 3 aromatic carbocycles. The molecule has 580 valence electrons. The first-order valence-corrected chi connectivity index (χ1v) is 36.2. The monoisotopic (exact) mass is 1520 g/mol. The minimum absolute atomic E-state index is 0.0405. The van der Waals surface area contributed by atoms with Crippen molar-refractivity contribution in [3.63, 3.8) is 0 Å². The van der Waals surface area contributed by atoms with Crippen LogP contribution in [0.3, 0.4) is 0 Å². The van der Waals surface area contributed by atoms with Crippen LogP contribution in [0.15, 0.2) is 116 Å². The fraction of sp³-hybridized carbons (Fsp3) is 0.481. The lowest BCUT2D eigenvalue weighted by molar-refractivity contribution is -0.138. The molecule has 109 heavy (non-hydrogen) atoms. The summed E-state index contributed by atoms with van der Waals surface area (Å²) in [4.78, 5) is 72.3. The molecule has 3 aliphatic heterocycles. The van der Waals surface area contributed by atoms with Crippen molar-refractivity contribution in [2.75, 3.05) is 80.7 Å². The molecule has 14 rings (SSSR count). The van der Waals surface area contributed by atoms with Gasteiger partial charge in [0, 0.05) is 115 Å². The first-order valence-electron chi connectivity index (χ1n) is 36.2. The molecule has 9 aromatic rings. The van der Waals surface area contributed by atoms with Gasteiger partial charge in [-0.1, -0.05) is 36.4 Å². The predicted molar refractivity (Wildman–Crippen MR) is 384 cm³/mol. The molecule has 5 aliphatic rings. The Bertz CT molecular complexity index is 4720. The number of halogens is 11. The van der Waals surface area contributed by atoms with Crippen LogP contribution in [-0.4, -0.2) is 176 Å². The van der Waals surface area contributed by atoms with E-state index in [4.69, 9.17) is 0 Å². The molecule has 3 saturated heterocycles. The van der Waals surface area contributed by atoms with Gasteiger partial charge in [-0.15, -0.1) is 0 Å². The maximum absolute atomic E-state index is 15.4. The average molecular weight is 1520 g/mol. The van der Waals surface area contributed by atoms with Crippen molar-refractivity contribution in [1.82, 2.24) is 58.3 Å². The Balaban J connectivity index is 0.000000153. The number of nitrogens with zero attached hydrogens (tertiary/aromatic N) is 16. The Morgan fingerprint density at radius 2 is 0.899 bits per heavy atom. The van der Waals surface area contributed by atoms with Gasteiger partial charge in [0.1, 0.15) is 70.7 Å². The van der Waals surface area contributed by atoms with Crippen LogP contribution < -0.4 is 14.7 Å². The fourth-order valence-electron chi connectivity index (χ4n) is 14.9. The number of alkyl halides is 9. The number of rotatable bonds is 23. The number of benzene rings is 3. The van der Waals surface area contributed by atoms with E-state index < -0.39 is 64.5 Å². The number of aliphatic hydroxyl groups excluding tert-OH is 2. The lowest BCUT2D eigenvalue weighted by Gasteiger charge is -2.37. The number of hydrogen-bond acceptors (Lipinski definition) is 18. The molecule has 5 fully saturated rings. The van der Waals surface area contributed by atoms with Crippen LogP contribution in [0.25, 0.3) is 33.1 Å². The molecule has 2 saturated carbocycles. The second-order valence-electron chi connectivity index (χ2n) is 29.6. The predicted octanol–water partition coefficient (Wildman–Crippen LogP) is 12.3. The van der Waals surface area contributed by atoms with E-state index in [0.717, 1.165) is 97.5 Å². The van der Waals surface area contributed by atoms with E-state index >= 15 is 8.78 Å². The summed E-state index contributed by atoms with van der Waals surface area (Å²) in [5.74, 6) is 0.613. The highest BCUT2D eigenvalue weighted by molar-refractivity contribution is 5.90. The van der Waals surface area contributed by atoms with Crippen LogP contribution in [0, 0.1) is 40.2 Å². The zero-order chi connectivity index (χ0) is 77.9. The quantitative estimate of drug-likeness (QED) is 0.0567. The number of piperidine rings is 3. The third-order valence-corrected chi connectivity index (χ3v) is 20.9. The van der Waals surface area contributed by atoms with Gasteiger partial charge in [0.2, 0.25) is 0 Å². The minimum Gasteiger partial charge on any atom is -0.391 e. The van der Waals surface area contributed by atoms with Crippen molar-refractivity contribution in [3.05, 3.63) is 161 Å². The Kier molecular flexibility index (Phi) is 23.9. The normalized spacial score (nSPS) is 19.4. The maximum Gasteiger partial charge on any atom is 0.416 e. The standard InChI is InChI=1S/C27H28F4N6O.C26H30F3N5O2.C24H27F4N5O2/c1-18(38)12-35-10-8-26(15-32,9-11-35)16-36-14-22(28)23-24(36)33-17-34-25(23)37(21-6-7-21)13-19-2-4-20(5-3-19)27(29,30)31;1-17(35)12-32-10-8-19(23(36)15-32)14-33-11-9-22-24(33)30-16-31-25(22)34(21-6-7-21)13-18-2-4-20(5-3-18)26(27,28)29;1-15(34)9-32-8-7-17(20(35)13-32)11-33-12-19(25)21-22(29-14-30-23(21)33)31(2)10-16-3-5-18(6-4-16)24(26,27)28/h2-5,14,17,21H,6-13,16H2,1H3;2-5,9,11,16,19,21,23,36H,6-8,10,12-15H2,1H3;3-6,12,14,17,20,35H,7-11,13H2,1-2H3. The number of carbonyl (C=O) groups is 3. The molecule has 6 aromatic heterocycles. The summed E-state index contributed by atoms with van der Waals surface area (Å²) in [6.45, 7) is 11.3. The van der Waals surface area contributed by atoms with Gasteiger partial charge in [0.05, 0.1) is 76.2 Å². The van der Waals surface area contributed by atoms with Crippen molar-refractivity contribution < 1.29 is 72.9 Å². The zero-order valence-electron chi connectivity index (χ0n) is 60.6. The average Bonchev–Trinajstić information content (AvgIpc) is 1.62. The molecule has 2 aliphatic carbocycles. The Hall–Kier alpha value is -9.55. The van der Waals surface area contributed by atoms with Crippen LogP contribution in [0.4, 0.5) is 65.7 Å². The van der Waals surface area contributed by atoms with Gasteiger partial charge in [0.25, 0.3) is 0 Å². The highest BCUT2D eigenvalue weighted by Gasteiger charge is 2.40. The van der Waals surface area contributed by atoms with Crippen LogP contribution in [0.1, 0.15) is 106 Å². The smallest absolute Gasteiger partial charge is 0.391 e. The van der Waals surface area contributed by atoms with Gasteiger partial charge >= 0.3 is 18.5 Å². The number of fused-ring (bicyclic) bond motifs is 3. The van der Waals surface area contributed by atoms with Crippen molar-refractivity contribution in [2.45, 2.75) is 154 Å². The molecular formula is C77H85F11N16O5. The highest BCUT2D eigenvalue weighted by Crippen LogP contribution is 2.42. The van der Waals surface area contributed by atoms with Gasteiger partial charge < -0.3 is 38.6 Å². The van der Waals surface area contributed by atoms with Crippen molar-refractivity contribution in [3.8, 4) is 6.07 Å². The maximum atomic E-state index is 15.4. The fourth-order valence-corrected chi connectivity index (χ4v) is 14.9. The molecular weight excluding hydrogens is 1440 g/mol. The largest absolute Gasteiger partial charge is 0.416 e. The SMILES string of the molecule is CC(=O)CN1CCC(C#N)(Cn2cc(F)c3c(N(Cc4ccc(C(F)(F)F)cc4)C4CC4)ncnc32)CC1.CC(=O)CN1CCC(Cn2cc(F)c3c(N(C)Cc4ccc(C(F)(F)F)cc4)ncnc32)C(O)C1.CC(=O)CN1CCC(Cn2ccc3c(N(Cc4ccc(C(F)(F)F)cc4)C4CC4)ncnc32)C(O)C1. The van der Waals surface area contributed by atoms with E-state index in [9.17, 15) is 69.4 Å². The van der Waals surface area contributed by atoms with E-state index in [2.05, 4.69) is 40.9 Å². The number of hydrogen-bond donors (Lipinski definition) is 2. The van der Waals surface area contributed by atoms with E-state index in [1.54, 1.807) is 34.9 Å². The number of β-amino-alcohol motifs (C(OH)–C–C–N with tert-alkyl or cyclic N) is 2. The highest BCUT2D eigenvalue weighted by atomic mass is 19.4. The topological polar surface area (TPSA) is 227 Å². The second kappa shape index (κ2) is 32.9. The zero-order valence-corrected chi connectivity index (χ0v) is 60.6. The number of anilines is 3. The van der Waals surface area contributed by atoms with Crippen molar-refractivity contribution >= 4 is 67.9 Å². The number of carbonyl (C=O) groups excluding carboxylic acids is 3. The number of aromatic nitrogens is 9. The van der Waals surface area contributed by atoms with Gasteiger partial charge in [-0.3, -0.25) is 29.1 Å². The third kappa shape index (κ3) is 19.4. The lowest BCUT2D eigenvalue weighted by Crippen LogP contribution is -2.46. The summed E-state index contributed by atoms with van der Waals surface area (Å²) >= 11 is 0. The van der Waals surface area contributed by atoms with E-state index in [1.165, 1.54) is 74.7 Å². The minimum atomic E-state index is -4.41. The summed E-state index contributed by atoms with van der Waals surface area (Å²) in [7, 11) is 1.69. The lowest BCUT2D eigenvalue weighted by atomic mass is 9.79. The second-order valence-corrected chi connectivity index (χ2v) is 29.6. The van der Waals surface area contributed by atoms with Crippen LogP contribution >= 0.6 is 0 Å². The molecule has 32 heteroatoms. The van der Waals surface area contributed by atoms with Gasteiger partial charge in [-0.05, 0) is 144 Å². The number of aliphatic hydroxyl groups is 2. The first-order chi connectivity index (χ1) is 51.8. The summed E-state index contributed by atoms with van der Waals surface area (Å²) in [6.07, 6.45) is 0.831. The number of nitriles is 1. The number of likely N-dealkylation sites (tertiary alicyclic amines) is 3. The summed E-state index contributed by atoms with van der Waals surface area (Å²) in [5.41, 5.74) is 0.795. The Labute approximate surface area is 621 Å². The molecule has 0 radical (unpaired) electrons. The molecule has 9 heterocycles. The summed E-state index contributed by atoms with van der Waals surface area (Å²) in [6, 6.07) is 19.9. The van der Waals surface area contributed by atoms with Crippen LogP contribution in [0.5, 0.6) is 0 Å². The molecule has 2 N–H and O–H groups in total. The molecule has 4 unspecified atom stereocenters. The van der Waals surface area contributed by atoms with E-state index in [0.29, 0.717) is 131 Å². The molecule has 0 spiro atoms. The summed E-state index contributed by atoms with van der Waals surface area (Å²) in [5, 5.41) is 32.7. The van der Waals surface area contributed by atoms with Crippen molar-refractivity contribution in [2.24, 2.45) is 17.3 Å². The third-order valence-electron chi connectivity index (χ3n) is 20.9. The van der Waals surface area contributed by atoms with Crippen LogP contribution in [-0.2, 0) is 72.2 Å². The molecule has 4 atom stereocenters. The van der Waals surface area contributed by atoms with Gasteiger partial charge in [-0.2, -0.15) is 44.8 Å². The molecule has 0 bridgehead atoms. The van der Waals surface area contributed by atoms with Crippen molar-refractivity contribution in [1.29, 1.82) is 5.26 Å². The number of Topliss-reactive ketones (excluding diaryl/α,β-unsaturated/α-hetero) is 3. The summed E-state index contributed by atoms with van der Waals surface area (Å²) < 4.78 is 152. The molecule has 21 nitrogen and oxygen atoms in total. The van der Waals surface area contributed by atoms with E-state index in [-0.39, 0.29) is 65.6 Å². The Morgan fingerprint density at radius 3 is 1.34 bits per heavy atom. The Morgan fingerprint density at radius 1 is 0.505 bits per heavy atom. The molecule has 0 amide bonds. The van der Waals surface area contributed by atoms with Crippen LogP contribution in [0.2, 0.25) is 0 Å². The first kappa shape index (κ1) is 79.0. The van der Waals surface area contributed by atoms with E-state index in [1.807, 2.05) is 36.4 Å². The van der Waals surface area contributed by atoms with Gasteiger partial charge in [0.15, 0.2) is 11.6 Å². The number of ketones is 3. The van der Waals surface area contributed by atoms with Gasteiger partial charge in [-0.25, -0.2) is 38.7 Å².